The zero-order valence-corrected chi connectivity index (χ0v) is 13.1. The topological polar surface area (TPSA) is 54.1 Å². The second-order valence-corrected chi connectivity index (χ2v) is 5.51. The van der Waals surface area contributed by atoms with Gasteiger partial charge in [-0.15, -0.1) is 0 Å². The Bertz CT molecular complexity index is 876. The summed E-state index contributed by atoms with van der Waals surface area (Å²) in [5.41, 5.74) is 1.96. The van der Waals surface area contributed by atoms with Gasteiger partial charge in [-0.1, -0.05) is 11.6 Å². The van der Waals surface area contributed by atoms with Crippen molar-refractivity contribution in [2.45, 2.75) is 6.42 Å². The molecule has 0 aliphatic rings. The van der Waals surface area contributed by atoms with Crippen molar-refractivity contribution in [3.8, 4) is 5.75 Å². The Balaban J connectivity index is 1.80. The number of benzene rings is 2. The molecule has 0 aliphatic heterocycles. The van der Waals surface area contributed by atoms with Crippen LogP contribution in [0, 0.1) is 5.82 Å². The molecule has 118 valence electrons. The molecule has 1 heterocycles. The van der Waals surface area contributed by atoms with Crippen molar-refractivity contribution in [1.82, 2.24) is 4.98 Å². The smallest absolute Gasteiger partial charge is 0.228 e. The molecule has 0 saturated heterocycles. The van der Waals surface area contributed by atoms with Gasteiger partial charge in [0.05, 0.1) is 19.2 Å². The SMILES string of the molecule is COc1ccc(Cl)cc1NC(=O)Cc1c[nH]c2cc(F)ccc12. The van der Waals surface area contributed by atoms with E-state index in [9.17, 15) is 9.18 Å². The highest BCUT2D eigenvalue weighted by molar-refractivity contribution is 6.31. The maximum atomic E-state index is 13.2. The molecule has 1 amide bonds. The van der Waals surface area contributed by atoms with Crippen molar-refractivity contribution in [2.75, 3.05) is 12.4 Å². The lowest BCUT2D eigenvalue weighted by molar-refractivity contribution is -0.115. The van der Waals surface area contributed by atoms with Gasteiger partial charge in [0.2, 0.25) is 5.91 Å². The van der Waals surface area contributed by atoms with Gasteiger partial charge in [-0.3, -0.25) is 4.79 Å². The molecular formula is C17H14ClFN2O2. The minimum atomic E-state index is -0.320. The van der Waals surface area contributed by atoms with Gasteiger partial charge >= 0.3 is 0 Å². The van der Waals surface area contributed by atoms with Crippen LogP contribution in [0.2, 0.25) is 5.02 Å². The third-order valence-corrected chi connectivity index (χ3v) is 3.75. The molecule has 4 nitrogen and oxygen atoms in total. The molecule has 0 radical (unpaired) electrons. The van der Waals surface area contributed by atoms with Crippen LogP contribution in [-0.4, -0.2) is 18.0 Å². The third kappa shape index (κ3) is 3.29. The molecule has 0 atom stereocenters. The van der Waals surface area contributed by atoms with Crippen molar-refractivity contribution >= 4 is 34.1 Å². The van der Waals surface area contributed by atoms with Gasteiger partial charge in [-0.2, -0.15) is 0 Å². The molecule has 3 rings (SSSR count). The summed E-state index contributed by atoms with van der Waals surface area (Å²) in [4.78, 5) is 15.2. The van der Waals surface area contributed by atoms with Gasteiger partial charge in [0, 0.05) is 22.1 Å². The van der Waals surface area contributed by atoms with Crippen molar-refractivity contribution in [1.29, 1.82) is 0 Å². The summed E-state index contributed by atoms with van der Waals surface area (Å²) in [6, 6.07) is 9.43. The molecular weight excluding hydrogens is 319 g/mol. The number of carbonyl (C=O) groups excluding carboxylic acids is 1. The Hall–Kier alpha value is -2.53. The minimum absolute atomic E-state index is 0.154. The standard InChI is InChI=1S/C17H14ClFN2O2/c1-23-16-5-2-11(18)7-15(16)21-17(22)6-10-9-20-14-8-12(19)3-4-13(10)14/h2-5,7-9,20H,6H2,1H3,(H,21,22). The monoisotopic (exact) mass is 332 g/mol. The molecule has 0 saturated carbocycles. The van der Waals surface area contributed by atoms with Crippen LogP contribution in [0.1, 0.15) is 5.56 Å². The van der Waals surface area contributed by atoms with Gasteiger partial charge in [0.25, 0.3) is 0 Å². The van der Waals surface area contributed by atoms with Gasteiger partial charge in [0.1, 0.15) is 11.6 Å². The number of aromatic amines is 1. The second-order valence-electron chi connectivity index (χ2n) is 5.07. The van der Waals surface area contributed by atoms with E-state index in [2.05, 4.69) is 10.3 Å². The molecule has 1 aromatic heterocycles. The number of fused-ring (bicyclic) bond motifs is 1. The van der Waals surface area contributed by atoms with Crippen molar-refractivity contribution in [3.63, 3.8) is 0 Å². The fraction of sp³-hybridized carbons (Fsp3) is 0.118. The summed E-state index contributed by atoms with van der Waals surface area (Å²) in [6.07, 6.45) is 1.86. The number of hydrogen-bond donors (Lipinski definition) is 2. The van der Waals surface area contributed by atoms with Crippen LogP contribution >= 0.6 is 11.6 Å². The van der Waals surface area contributed by atoms with E-state index in [4.69, 9.17) is 16.3 Å². The van der Waals surface area contributed by atoms with E-state index in [0.29, 0.717) is 22.0 Å². The predicted octanol–water partition coefficient (Wildman–Crippen LogP) is 4.15. The van der Waals surface area contributed by atoms with Crippen LogP contribution in [-0.2, 0) is 11.2 Å². The normalized spacial score (nSPS) is 10.7. The highest BCUT2D eigenvalue weighted by Crippen LogP contribution is 2.28. The maximum absolute atomic E-state index is 13.2. The van der Waals surface area contributed by atoms with Crippen LogP contribution < -0.4 is 10.1 Å². The quantitative estimate of drug-likeness (QED) is 0.754. The second kappa shape index (κ2) is 6.30. The number of anilines is 1. The molecule has 0 fully saturated rings. The van der Waals surface area contributed by atoms with Crippen LogP contribution in [0.25, 0.3) is 10.9 Å². The first-order valence-corrected chi connectivity index (χ1v) is 7.33. The van der Waals surface area contributed by atoms with Crippen molar-refractivity contribution < 1.29 is 13.9 Å². The Morgan fingerprint density at radius 2 is 2.13 bits per heavy atom. The summed E-state index contributed by atoms with van der Waals surface area (Å²) < 4.78 is 18.4. The number of carbonyl (C=O) groups is 1. The van der Waals surface area contributed by atoms with Crippen molar-refractivity contribution in [3.05, 3.63) is 59.0 Å². The van der Waals surface area contributed by atoms with E-state index in [1.807, 2.05) is 0 Å². The highest BCUT2D eigenvalue weighted by atomic mass is 35.5. The summed E-state index contributed by atoms with van der Waals surface area (Å²) in [5.74, 6) is -0.00134. The number of H-pyrrole nitrogens is 1. The number of aromatic nitrogens is 1. The van der Waals surface area contributed by atoms with Gasteiger partial charge < -0.3 is 15.0 Å². The minimum Gasteiger partial charge on any atom is -0.495 e. The molecule has 6 heteroatoms. The Morgan fingerprint density at radius 1 is 1.30 bits per heavy atom. The number of halogens is 2. The number of rotatable bonds is 4. The average molecular weight is 333 g/mol. The molecule has 0 bridgehead atoms. The summed E-state index contributed by atoms with van der Waals surface area (Å²) >= 11 is 5.95. The summed E-state index contributed by atoms with van der Waals surface area (Å²) in [7, 11) is 1.52. The molecule has 0 aliphatic carbocycles. The lowest BCUT2D eigenvalue weighted by atomic mass is 10.1. The zero-order chi connectivity index (χ0) is 16.4. The largest absolute Gasteiger partial charge is 0.495 e. The van der Waals surface area contributed by atoms with Crippen LogP contribution in [0.15, 0.2) is 42.6 Å². The lowest BCUT2D eigenvalue weighted by Crippen LogP contribution is -2.14. The average Bonchev–Trinajstić information content (AvgIpc) is 2.89. The molecule has 0 unspecified atom stereocenters. The summed E-state index contributed by atoms with van der Waals surface area (Å²) in [5, 5.41) is 4.10. The van der Waals surface area contributed by atoms with Crippen LogP contribution in [0.5, 0.6) is 5.75 Å². The number of amides is 1. The Kier molecular flexibility index (Phi) is 4.21. The van der Waals surface area contributed by atoms with Crippen molar-refractivity contribution in [2.24, 2.45) is 0 Å². The van der Waals surface area contributed by atoms with E-state index >= 15 is 0 Å². The fourth-order valence-corrected chi connectivity index (χ4v) is 2.62. The zero-order valence-electron chi connectivity index (χ0n) is 12.3. The molecule has 2 aromatic carbocycles. The van der Waals surface area contributed by atoms with E-state index in [-0.39, 0.29) is 18.1 Å². The number of methoxy groups -OCH3 is 1. The van der Waals surface area contributed by atoms with Gasteiger partial charge in [0.15, 0.2) is 0 Å². The van der Waals surface area contributed by atoms with E-state index < -0.39 is 0 Å². The lowest BCUT2D eigenvalue weighted by Gasteiger charge is -2.10. The molecule has 3 aromatic rings. The van der Waals surface area contributed by atoms with Crippen LogP contribution in [0.4, 0.5) is 10.1 Å². The van der Waals surface area contributed by atoms with Crippen LogP contribution in [0.3, 0.4) is 0 Å². The first kappa shape index (κ1) is 15.4. The number of ether oxygens (including phenoxy) is 1. The third-order valence-electron chi connectivity index (χ3n) is 3.52. The Labute approximate surface area is 137 Å². The maximum Gasteiger partial charge on any atom is 0.228 e. The Morgan fingerprint density at radius 3 is 2.91 bits per heavy atom. The van der Waals surface area contributed by atoms with Gasteiger partial charge in [-0.05, 0) is 42.0 Å². The number of nitrogens with one attached hydrogen (secondary N) is 2. The van der Waals surface area contributed by atoms with E-state index in [1.165, 1.54) is 19.2 Å². The first-order chi connectivity index (χ1) is 11.1. The molecule has 0 spiro atoms. The fourth-order valence-electron chi connectivity index (χ4n) is 2.45. The van der Waals surface area contributed by atoms with E-state index in [0.717, 1.165) is 10.9 Å². The summed E-state index contributed by atoms with van der Waals surface area (Å²) in [6.45, 7) is 0. The molecule has 23 heavy (non-hydrogen) atoms. The van der Waals surface area contributed by atoms with E-state index in [1.54, 1.807) is 30.5 Å². The highest BCUT2D eigenvalue weighted by Gasteiger charge is 2.12. The predicted molar refractivity (Wildman–Crippen MR) is 88.6 cm³/mol. The number of hydrogen-bond acceptors (Lipinski definition) is 2. The first-order valence-electron chi connectivity index (χ1n) is 6.95. The molecule has 2 N–H and O–H groups in total. The van der Waals surface area contributed by atoms with Gasteiger partial charge in [-0.25, -0.2) is 4.39 Å².